The molecule has 0 bridgehead atoms. The van der Waals surface area contributed by atoms with Gasteiger partial charge < -0.3 is 0 Å². The van der Waals surface area contributed by atoms with Crippen LogP contribution in [0.15, 0.2) is 22.9 Å². The average Bonchev–Trinajstić information content (AvgIpc) is 2.02. The molecule has 1 rings (SSSR count). The van der Waals surface area contributed by atoms with Crippen molar-refractivity contribution < 1.29 is 4.11 Å². The third kappa shape index (κ3) is 1.85. The van der Waals surface area contributed by atoms with Gasteiger partial charge in [0.2, 0.25) is 0 Å². The molecule has 0 N–H and O–H groups in total. The van der Waals surface area contributed by atoms with E-state index in [0.29, 0.717) is 10.2 Å². The standard InChI is InChI=1S/C8H6BrN/c1-2-3-7-4-5-8(9)10-6-7/h4-6H,1H3/i1D3. The van der Waals surface area contributed by atoms with E-state index in [1.165, 1.54) is 6.20 Å². The van der Waals surface area contributed by atoms with Crippen LogP contribution in [0.4, 0.5) is 0 Å². The van der Waals surface area contributed by atoms with E-state index in [1.807, 2.05) is 0 Å². The number of nitrogens with zero attached hydrogens (tertiary/aromatic N) is 1. The summed E-state index contributed by atoms with van der Waals surface area (Å²) in [4.78, 5) is 3.91. The molecular weight excluding hydrogens is 190 g/mol. The Balaban J connectivity index is 2.85. The van der Waals surface area contributed by atoms with Gasteiger partial charge in [0, 0.05) is 15.9 Å². The van der Waals surface area contributed by atoms with E-state index in [4.69, 9.17) is 4.11 Å². The molecule has 0 aliphatic rings. The van der Waals surface area contributed by atoms with Crippen LogP contribution < -0.4 is 0 Å². The van der Waals surface area contributed by atoms with Crippen molar-refractivity contribution >= 4 is 15.9 Å². The lowest BCUT2D eigenvalue weighted by Gasteiger charge is -1.88. The fraction of sp³-hybridized carbons (Fsp3) is 0.125. The maximum atomic E-state index is 6.85. The highest BCUT2D eigenvalue weighted by Gasteiger charge is 1.86. The quantitative estimate of drug-likeness (QED) is 0.461. The van der Waals surface area contributed by atoms with Gasteiger partial charge in [0.05, 0.1) is 0 Å². The average molecular weight is 199 g/mol. The SMILES string of the molecule is [2H]C([2H])([2H])C#Cc1ccc(Br)nc1. The van der Waals surface area contributed by atoms with Gasteiger partial charge in [-0.2, -0.15) is 0 Å². The molecular formula is C8H6BrN. The summed E-state index contributed by atoms with van der Waals surface area (Å²) >= 11 is 3.17. The molecule has 1 aromatic rings. The first-order valence-corrected chi connectivity index (χ1v) is 3.41. The van der Waals surface area contributed by atoms with Gasteiger partial charge in [-0.1, -0.05) is 5.92 Å². The minimum Gasteiger partial charge on any atom is -0.248 e. The van der Waals surface area contributed by atoms with Crippen molar-refractivity contribution in [3.05, 3.63) is 28.5 Å². The second-order valence-corrected chi connectivity index (χ2v) is 2.43. The van der Waals surface area contributed by atoms with E-state index in [-0.39, 0.29) is 0 Å². The predicted molar refractivity (Wildman–Crippen MR) is 44.5 cm³/mol. The molecule has 0 fully saturated rings. The van der Waals surface area contributed by atoms with Crippen LogP contribution in [0.25, 0.3) is 0 Å². The molecule has 2 heteroatoms. The number of hydrogen-bond acceptors (Lipinski definition) is 1. The highest BCUT2D eigenvalue weighted by atomic mass is 79.9. The predicted octanol–water partition coefficient (Wildman–Crippen LogP) is 2.22. The van der Waals surface area contributed by atoms with Gasteiger partial charge in [0.15, 0.2) is 0 Å². The first-order chi connectivity index (χ1) is 5.97. The minimum atomic E-state index is -2.20. The van der Waals surface area contributed by atoms with Gasteiger partial charge in [-0.15, -0.1) is 5.92 Å². The van der Waals surface area contributed by atoms with Gasteiger partial charge in [-0.25, -0.2) is 4.98 Å². The molecule has 50 valence electrons. The summed E-state index contributed by atoms with van der Waals surface area (Å²) in [5.41, 5.74) is 0.597. The molecule has 10 heavy (non-hydrogen) atoms. The topological polar surface area (TPSA) is 12.9 Å². The van der Waals surface area contributed by atoms with Crippen molar-refractivity contribution in [2.24, 2.45) is 0 Å². The molecule has 0 aliphatic carbocycles. The summed E-state index contributed by atoms with van der Waals surface area (Å²) in [6.07, 6.45) is 1.52. The molecule has 0 atom stereocenters. The Morgan fingerprint density at radius 3 is 3.20 bits per heavy atom. The van der Waals surface area contributed by atoms with E-state index in [9.17, 15) is 0 Å². The first-order valence-electron chi connectivity index (χ1n) is 4.12. The molecule has 0 saturated carbocycles. The maximum absolute atomic E-state index is 6.85. The minimum absolute atomic E-state index is 0.597. The van der Waals surface area contributed by atoms with Crippen LogP contribution in [0.5, 0.6) is 0 Å². The van der Waals surface area contributed by atoms with Crippen LogP contribution in [0.1, 0.15) is 16.5 Å². The third-order valence-corrected chi connectivity index (χ3v) is 1.40. The molecule has 0 aromatic carbocycles. The Labute approximate surface area is 72.8 Å². The van der Waals surface area contributed by atoms with E-state index in [1.54, 1.807) is 12.1 Å². The summed E-state index contributed by atoms with van der Waals surface area (Å²) in [7, 11) is 0. The molecule has 0 saturated heterocycles. The van der Waals surface area contributed by atoms with Gasteiger partial charge >= 0.3 is 0 Å². The van der Waals surface area contributed by atoms with E-state index >= 15 is 0 Å². The first kappa shape index (κ1) is 4.15. The summed E-state index contributed by atoms with van der Waals surface area (Å²) in [6, 6.07) is 3.42. The fourth-order valence-corrected chi connectivity index (χ4v) is 0.756. The third-order valence-electron chi connectivity index (χ3n) is 0.934. The summed E-state index contributed by atoms with van der Waals surface area (Å²) in [6.45, 7) is -2.20. The molecule has 0 spiro atoms. The van der Waals surface area contributed by atoms with Crippen molar-refractivity contribution in [3.63, 3.8) is 0 Å². The van der Waals surface area contributed by atoms with Crippen LogP contribution in [-0.4, -0.2) is 4.98 Å². The lowest BCUT2D eigenvalue weighted by atomic mass is 10.3. The van der Waals surface area contributed by atoms with Crippen molar-refractivity contribution in [3.8, 4) is 11.8 Å². The Bertz CT molecular complexity index is 344. The summed E-state index contributed by atoms with van der Waals surface area (Å²) in [5, 5.41) is 0. The van der Waals surface area contributed by atoms with Crippen LogP contribution in [0, 0.1) is 11.8 Å². The molecule has 0 aliphatic heterocycles. The highest BCUT2D eigenvalue weighted by molar-refractivity contribution is 9.10. The smallest absolute Gasteiger partial charge is 0.106 e. The number of halogens is 1. The van der Waals surface area contributed by atoms with E-state index in [0.717, 1.165) is 0 Å². The van der Waals surface area contributed by atoms with E-state index in [2.05, 4.69) is 32.8 Å². The Morgan fingerprint density at radius 2 is 2.60 bits per heavy atom. The van der Waals surface area contributed by atoms with Crippen LogP contribution in [0.3, 0.4) is 0 Å². The van der Waals surface area contributed by atoms with Gasteiger partial charge in [-0.3, -0.25) is 0 Å². The monoisotopic (exact) mass is 198 g/mol. The molecule has 1 heterocycles. The van der Waals surface area contributed by atoms with Crippen LogP contribution in [0.2, 0.25) is 0 Å². The second-order valence-electron chi connectivity index (χ2n) is 1.62. The second kappa shape index (κ2) is 3.38. The van der Waals surface area contributed by atoms with E-state index < -0.39 is 6.85 Å². The lowest BCUT2D eigenvalue weighted by molar-refractivity contribution is 1.26. The largest absolute Gasteiger partial charge is 0.248 e. The Hall–Kier alpha value is -0.810. The normalized spacial score (nSPS) is 13.9. The maximum Gasteiger partial charge on any atom is 0.106 e. The Morgan fingerprint density at radius 1 is 1.70 bits per heavy atom. The highest BCUT2D eigenvalue weighted by Crippen LogP contribution is 2.04. The van der Waals surface area contributed by atoms with Crippen LogP contribution in [-0.2, 0) is 0 Å². The fourth-order valence-electron chi connectivity index (χ4n) is 0.522. The van der Waals surface area contributed by atoms with Crippen molar-refractivity contribution in [1.82, 2.24) is 4.98 Å². The zero-order valence-corrected chi connectivity index (χ0v) is 6.64. The van der Waals surface area contributed by atoms with Gasteiger partial charge in [0.25, 0.3) is 0 Å². The molecule has 1 aromatic heterocycles. The zero-order chi connectivity index (χ0) is 9.90. The molecule has 0 amide bonds. The van der Waals surface area contributed by atoms with Crippen LogP contribution >= 0.6 is 15.9 Å². The zero-order valence-electron chi connectivity index (χ0n) is 8.06. The Kier molecular flexibility index (Phi) is 1.40. The summed E-state index contributed by atoms with van der Waals surface area (Å²) in [5.74, 6) is 4.67. The number of pyridine rings is 1. The molecule has 1 nitrogen and oxygen atoms in total. The summed E-state index contributed by atoms with van der Waals surface area (Å²) < 4.78 is 21.3. The lowest BCUT2D eigenvalue weighted by Crippen LogP contribution is -1.76. The van der Waals surface area contributed by atoms with Gasteiger partial charge in [0.1, 0.15) is 4.60 Å². The van der Waals surface area contributed by atoms with Crippen molar-refractivity contribution in [2.45, 2.75) is 6.85 Å². The van der Waals surface area contributed by atoms with Gasteiger partial charge in [-0.05, 0) is 34.9 Å². The molecule has 0 radical (unpaired) electrons. The molecule has 0 unspecified atom stereocenters. The number of rotatable bonds is 0. The van der Waals surface area contributed by atoms with Crippen molar-refractivity contribution in [2.75, 3.05) is 0 Å². The van der Waals surface area contributed by atoms with Crippen molar-refractivity contribution in [1.29, 1.82) is 0 Å². The number of aromatic nitrogens is 1. The number of hydrogen-bond donors (Lipinski definition) is 0.